The number of halogens is 1. The Bertz CT molecular complexity index is 411. The van der Waals surface area contributed by atoms with Crippen LogP contribution in [0.4, 0.5) is 10.1 Å². The molecule has 0 radical (unpaired) electrons. The largest absolute Gasteiger partial charge is 0.369 e. The van der Waals surface area contributed by atoms with E-state index in [0.29, 0.717) is 6.54 Å². The normalized spacial score (nSPS) is 19.0. The zero-order chi connectivity index (χ0) is 12.5. The van der Waals surface area contributed by atoms with Gasteiger partial charge >= 0.3 is 0 Å². The summed E-state index contributed by atoms with van der Waals surface area (Å²) in [6.45, 7) is 2.45. The first-order chi connectivity index (χ1) is 8.76. The molecule has 2 N–H and O–H groups in total. The lowest BCUT2D eigenvalue weighted by atomic mass is 10.1. The van der Waals surface area contributed by atoms with E-state index in [1.807, 2.05) is 12.1 Å². The van der Waals surface area contributed by atoms with E-state index in [2.05, 4.69) is 4.90 Å². The molecule has 1 aromatic rings. The maximum absolute atomic E-state index is 14.1. The van der Waals surface area contributed by atoms with Gasteiger partial charge in [-0.15, -0.1) is 0 Å². The van der Waals surface area contributed by atoms with Crippen LogP contribution in [-0.2, 0) is 6.54 Å². The number of nitrogens with two attached hydrogens (primary N) is 1. The summed E-state index contributed by atoms with van der Waals surface area (Å²) in [5.74, 6) is 1.47. The van der Waals surface area contributed by atoms with E-state index in [1.54, 1.807) is 6.07 Å². The highest BCUT2D eigenvalue weighted by Gasteiger charge is 2.30. The third kappa shape index (κ3) is 2.83. The van der Waals surface area contributed by atoms with E-state index in [-0.39, 0.29) is 5.82 Å². The number of rotatable bonds is 6. The highest BCUT2D eigenvalue weighted by Crippen LogP contribution is 2.36. The molecule has 1 aromatic carbocycles. The number of nitrogens with zero attached hydrogens (tertiary/aromatic N) is 1. The minimum absolute atomic E-state index is 0.112. The molecule has 2 fully saturated rings. The molecular formula is C15H21FN2. The van der Waals surface area contributed by atoms with E-state index < -0.39 is 0 Å². The van der Waals surface area contributed by atoms with E-state index in [4.69, 9.17) is 5.73 Å². The Hall–Kier alpha value is -1.09. The van der Waals surface area contributed by atoms with Gasteiger partial charge in [0.15, 0.2) is 0 Å². The molecule has 0 heterocycles. The minimum atomic E-state index is -0.112. The first-order valence-electron chi connectivity index (χ1n) is 6.99. The summed E-state index contributed by atoms with van der Waals surface area (Å²) in [7, 11) is 0. The Balaban J connectivity index is 1.77. The molecule has 98 valence electrons. The number of anilines is 1. The molecular weight excluding hydrogens is 227 g/mol. The van der Waals surface area contributed by atoms with Gasteiger partial charge in [0, 0.05) is 19.6 Å². The van der Waals surface area contributed by atoms with Crippen LogP contribution < -0.4 is 10.6 Å². The van der Waals surface area contributed by atoms with Crippen molar-refractivity contribution in [2.45, 2.75) is 32.2 Å². The van der Waals surface area contributed by atoms with Crippen LogP contribution in [0.15, 0.2) is 18.2 Å². The fourth-order valence-corrected chi connectivity index (χ4v) is 2.43. The highest BCUT2D eigenvalue weighted by atomic mass is 19.1. The lowest BCUT2D eigenvalue weighted by molar-refractivity contribution is 0.601. The number of benzene rings is 1. The van der Waals surface area contributed by atoms with Crippen LogP contribution in [0.3, 0.4) is 0 Å². The first-order valence-corrected chi connectivity index (χ1v) is 6.99. The molecule has 0 amide bonds. The molecule has 2 saturated carbocycles. The van der Waals surface area contributed by atoms with Gasteiger partial charge < -0.3 is 10.6 Å². The van der Waals surface area contributed by atoms with Crippen molar-refractivity contribution >= 4 is 5.69 Å². The Morgan fingerprint density at radius 1 is 1.11 bits per heavy atom. The summed E-state index contributed by atoms with van der Waals surface area (Å²) in [5, 5.41) is 0. The van der Waals surface area contributed by atoms with Crippen molar-refractivity contribution in [3.05, 3.63) is 29.6 Å². The maximum Gasteiger partial charge on any atom is 0.146 e. The van der Waals surface area contributed by atoms with E-state index in [9.17, 15) is 4.39 Å². The molecule has 0 spiro atoms. The van der Waals surface area contributed by atoms with Crippen molar-refractivity contribution in [1.29, 1.82) is 0 Å². The molecule has 0 saturated heterocycles. The molecule has 0 aromatic heterocycles. The predicted octanol–water partition coefficient (Wildman–Crippen LogP) is 2.91. The summed E-state index contributed by atoms with van der Waals surface area (Å²) in [6.07, 6.45) is 5.24. The molecule has 3 heteroatoms. The van der Waals surface area contributed by atoms with Gasteiger partial charge in [0.2, 0.25) is 0 Å². The van der Waals surface area contributed by atoms with Crippen LogP contribution in [0.25, 0.3) is 0 Å². The summed E-state index contributed by atoms with van der Waals surface area (Å²) in [5.41, 5.74) is 7.19. The average Bonchev–Trinajstić information content (AvgIpc) is 3.23. The molecule has 2 nitrogen and oxygen atoms in total. The highest BCUT2D eigenvalue weighted by molar-refractivity contribution is 5.49. The minimum Gasteiger partial charge on any atom is -0.369 e. The molecule has 0 bridgehead atoms. The Morgan fingerprint density at radius 2 is 1.72 bits per heavy atom. The third-order valence-corrected chi connectivity index (χ3v) is 3.94. The van der Waals surface area contributed by atoms with Crippen LogP contribution in [0.2, 0.25) is 0 Å². The Morgan fingerprint density at radius 3 is 2.17 bits per heavy atom. The van der Waals surface area contributed by atoms with E-state index >= 15 is 0 Å². The van der Waals surface area contributed by atoms with Crippen LogP contribution in [0.1, 0.15) is 31.2 Å². The van der Waals surface area contributed by atoms with Gasteiger partial charge in [-0.1, -0.05) is 6.07 Å². The molecule has 0 aliphatic heterocycles. The van der Waals surface area contributed by atoms with Gasteiger partial charge in [0.1, 0.15) is 5.82 Å². The van der Waals surface area contributed by atoms with Gasteiger partial charge in [0.05, 0.1) is 5.69 Å². The Labute approximate surface area is 108 Å². The van der Waals surface area contributed by atoms with Gasteiger partial charge in [-0.2, -0.15) is 0 Å². The molecule has 3 rings (SSSR count). The van der Waals surface area contributed by atoms with Crippen LogP contribution in [0.5, 0.6) is 0 Å². The second kappa shape index (κ2) is 4.88. The summed E-state index contributed by atoms with van der Waals surface area (Å²) >= 11 is 0. The van der Waals surface area contributed by atoms with Crippen LogP contribution in [-0.4, -0.2) is 13.1 Å². The predicted molar refractivity (Wildman–Crippen MR) is 72.0 cm³/mol. The van der Waals surface area contributed by atoms with Gasteiger partial charge in [-0.3, -0.25) is 0 Å². The fourth-order valence-electron chi connectivity index (χ4n) is 2.43. The smallest absolute Gasteiger partial charge is 0.146 e. The van der Waals surface area contributed by atoms with Crippen molar-refractivity contribution in [3.63, 3.8) is 0 Å². The number of hydrogen-bond acceptors (Lipinski definition) is 2. The Kier molecular flexibility index (Phi) is 3.25. The second-order valence-electron chi connectivity index (χ2n) is 5.78. The molecule has 0 atom stereocenters. The van der Waals surface area contributed by atoms with Crippen molar-refractivity contribution in [2.24, 2.45) is 17.6 Å². The summed E-state index contributed by atoms with van der Waals surface area (Å²) in [4.78, 5) is 2.25. The fraction of sp³-hybridized carbons (Fsp3) is 0.600. The molecule has 0 unspecified atom stereocenters. The van der Waals surface area contributed by atoms with Crippen LogP contribution in [0, 0.1) is 17.7 Å². The summed E-state index contributed by atoms with van der Waals surface area (Å²) in [6, 6.07) is 5.44. The lowest BCUT2D eigenvalue weighted by Gasteiger charge is -2.25. The van der Waals surface area contributed by atoms with Crippen molar-refractivity contribution in [2.75, 3.05) is 18.0 Å². The topological polar surface area (TPSA) is 29.3 Å². The zero-order valence-corrected chi connectivity index (χ0v) is 10.7. The van der Waals surface area contributed by atoms with Crippen molar-refractivity contribution in [3.8, 4) is 0 Å². The average molecular weight is 248 g/mol. The lowest BCUT2D eigenvalue weighted by Crippen LogP contribution is -2.29. The maximum atomic E-state index is 14.1. The van der Waals surface area contributed by atoms with E-state index in [0.717, 1.165) is 36.2 Å². The summed E-state index contributed by atoms with van der Waals surface area (Å²) < 4.78 is 14.1. The monoisotopic (exact) mass is 248 g/mol. The van der Waals surface area contributed by atoms with Gasteiger partial charge in [-0.25, -0.2) is 4.39 Å². The van der Waals surface area contributed by atoms with Gasteiger partial charge in [0.25, 0.3) is 0 Å². The number of hydrogen-bond donors (Lipinski definition) is 1. The zero-order valence-electron chi connectivity index (χ0n) is 10.7. The first kappa shape index (κ1) is 12.0. The van der Waals surface area contributed by atoms with Crippen LogP contribution >= 0.6 is 0 Å². The third-order valence-electron chi connectivity index (χ3n) is 3.94. The second-order valence-corrected chi connectivity index (χ2v) is 5.78. The molecule has 18 heavy (non-hydrogen) atoms. The van der Waals surface area contributed by atoms with Crippen molar-refractivity contribution in [1.82, 2.24) is 0 Å². The van der Waals surface area contributed by atoms with Gasteiger partial charge in [-0.05, 0) is 55.2 Å². The molecule has 2 aliphatic rings. The standard InChI is InChI=1S/C15H21FN2/c16-14-7-13(8-17)5-6-15(14)18(9-11-1-2-11)10-12-3-4-12/h5-7,11-12H,1-4,8-10,17H2. The van der Waals surface area contributed by atoms with Crippen molar-refractivity contribution < 1.29 is 4.39 Å². The SMILES string of the molecule is NCc1ccc(N(CC2CC2)CC2CC2)c(F)c1. The van der Waals surface area contributed by atoms with E-state index in [1.165, 1.54) is 25.7 Å². The molecule has 2 aliphatic carbocycles. The quantitative estimate of drug-likeness (QED) is 0.838.